The van der Waals surface area contributed by atoms with Gasteiger partial charge < -0.3 is 4.74 Å². The lowest BCUT2D eigenvalue weighted by Crippen LogP contribution is -2.34. The summed E-state index contributed by atoms with van der Waals surface area (Å²) in [4.78, 5) is 14.9. The molecule has 1 aromatic heterocycles. The molecule has 0 fully saturated rings. The van der Waals surface area contributed by atoms with E-state index < -0.39 is 0 Å². The molecule has 5 rings (SSSR count). The maximum atomic E-state index is 13.1. The molecule has 6 nitrogen and oxygen atoms in total. The van der Waals surface area contributed by atoms with Crippen molar-refractivity contribution in [3.63, 3.8) is 0 Å². The first-order valence-corrected chi connectivity index (χ1v) is 9.82. The number of aromatic nitrogens is 3. The fraction of sp³-hybridized carbons (Fsp3) is 0.125. The number of methoxy groups -OCH3 is 1. The zero-order valence-corrected chi connectivity index (χ0v) is 16.5. The summed E-state index contributed by atoms with van der Waals surface area (Å²) < 4.78 is 7.15. The van der Waals surface area contributed by atoms with E-state index in [1.807, 2.05) is 83.5 Å². The molecule has 1 aliphatic heterocycles. The fourth-order valence-corrected chi connectivity index (χ4v) is 3.88. The first-order valence-electron chi connectivity index (χ1n) is 9.82. The maximum absolute atomic E-state index is 13.1. The Balaban J connectivity index is 1.76. The summed E-state index contributed by atoms with van der Waals surface area (Å²) >= 11 is 0. The molecule has 0 saturated heterocycles. The molecule has 0 saturated carbocycles. The Kier molecular flexibility index (Phi) is 4.52. The minimum atomic E-state index is 0.0483. The van der Waals surface area contributed by atoms with Crippen molar-refractivity contribution >= 4 is 34.0 Å². The number of hydrogen-bond acceptors (Lipinski definition) is 4. The second-order valence-electron chi connectivity index (χ2n) is 7.08. The number of para-hydroxylation sites is 1. The van der Waals surface area contributed by atoms with Crippen molar-refractivity contribution in [3.8, 4) is 5.75 Å². The predicted octanol–water partition coefficient (Wildman–Crippen LogP) is 4.59. The molecular formula is C24H20N4O2. The summed E-state index contributed by atoms with van der Waals surface area (Å²) in [6, 6.07) is 25.4. The number of nitrogens with zero attached hydrogens (tertiary/aromatic N) is 4. The average Bonchev–Trinajstić information content (AvgIpc) is 3.23. The van der Waals surface area contributed by atoms with Crippen LogP contribution in [-0.2, 0) is 4.79 Å². The molecule has 0 spiro atoms. The van der Waals surface area contributed by atoms with Crippen LogP contribution >= 0.6 is 0 Å². The van der Waals surface area contributed by atoms with E-state index in [1.165, 1.54) is 0 Å². The summed E-state index contributed by atoms with van der Waals surface area (Å²) in [6.07, 6.45) is 0.981. The Morgan fingerprint density at radius 3 is 2.37 bits per heavy atom. The number of amides is 1. The van der Waals surface area contributed by atoms with Crippen LogP contribution in [0.25, 0.3) is 22.4 Å². The average molecular weight is 396 g/mol. The summed E-state index contributed by atoms with van der Waals surface area (Å²) in [5.74, 6) is 0.795. The van der Waals surface area contributed by atoms with Gasteiger partial charge in [-0.05, 0) is 36.4 Å². The molecule has 4 aromatic rings. The largest absolute Gasteiger partial charge is 0.497 e. The van der Waals surface area contributed by atoms with Crippen molar-refractivity contribution in [2.24, 2.45) is 0 Å². The maximum Gasteiger partial charge on any atom is 0.232 e. The number of benzene rings is 3. The van der Waals surface area contributed by atoms with Gasteiger partial charge in [-0.15, -0.1) is 5.10 Å². The third-order valence-corrected chi connectivity index (χ3v) is 5.31. The van der Waals surface area contributed by atoms with Crippen LogP contribution in [0.1, 0.15) is 18.4 Å². The third-order valence-electron chi connectivity index (χ3n) is 5.31. The lowest BCUT2D eigenvalue weighted by atomic mass is 10.00. The van der Waals surface area contributed by atoms with Gasteiger partial charge in [-0.1, -0.05) is 47.7 Å². The van der Waals surface area contributed by atoms with Crippen LogP contribution in [0.3, 0.4) is 0 Å². The van der Waals surface area contributed by atoms with E-state index in [0.29, 0.717) is 12.8 Å². The van der Waals surface area contributed by atoms with E-state index in [0.717, 1.165) is 39.4 Å². The number of rotatable bonds is 4. The van der Waals surface area contributed by atoms with Crippen LogP contribution < -0.4 is 9.64 Å². The monoisotopic (exact) mass is 396 g/mol. The van der Waals surface area contributed by atoms with Crippen LogP contribution in [0, 0.1) is 0 Å². The molecular weight excluding hydrogens is 376 g/mol. The molecule has 3 aromatic carbocycles. The lowest BCUT2D eigenvalue weighted by molar-refractivity contribution is -0.117. The fourth-order valence-electron chi connectivity index (χ4n) is 3.88. The van der Waals surface area contributed by atoms with Gasteiger partial charge in [0.05, 0.1) is 24.0 Å². The van der Waals surface area contributed by atoms with E-state index in [-0.39, 0.29) is 5.91 Å². The number of carbonyl (C=O) groups excluding carboxylic acids is 1. The molecule has 0 N–H and O–H groups in total. The standard InChI is InChI=1S/C24H20N4O2/c1-30-19-13-11-18(12-14-19)27-23(29)16-15-22(24(27)17-7-3-2-4-8-17)28-21-10-6-5-9-20(21)25-26-28/h2-14H,15-16H2,1H3. The number of ether oxygens (including phenoxy) is 1. The molecule has 0 bridgehead atoms. The van der Waals surface area contributed by atoms with Crippen molar-refractivity contribution in [1.82, 2.24) is 15.0 Å². The third kappa shape index (κ3) is 3.03. The minimum Gasteiger partial charge on any atom is -0.497 e. The van der Waals surface area contributed by atoms with Crippen molar-refractivity contribution < 1.29 is 9.53 Å². The zero-order chi connectivity index (χ0) is 20.5. The van der Waals surface area contributed by atoms with E-state index >= 15 is 0 Å². The van der Waals surface area contributed by atoms with Crippen LogP contribution in [0.15, 0.2) is 78.9 Å². The summed E-state index contributed by atoms with van der Waals surface area (Å²) in [5.41, 5.74) is 5.27. The number of carbonyl (C=O) groups is 1. The summed E-state index contributed by atoms with van der Waals surface area (Å²) in [6.45, 7) is 0. The zero-order valence-electron chi connectivity index (χ0n) is 16.5. The van der Waals surface area contributed by atoms with Gasteiger partial charge in [-0.25, -0.2) is 4.68 Å². The van der Waals surface area contributed by atoms with Gasteiger partial charge in [-0.2, -0.15) is 0 Å². The number of allylic oxidation sites excluding steroid dienone is 1. The molecule has 0 atom stereocenters. The van der Waals surface area contributed by atoms with E-state index in [4.69, 9.17) is 4.74 Å². The van der Waals surface area contributed by atoms with Gasteiger partial charge in [0.1, 0.15) is 11.3 Å². The molecule has 148 valence electrons. The molecule has 1 amide bonds. The van der Waals surface area contributed by atoms with Gasteiger partial charge in [0, 0.05) is 24.1 Å². The van der Waals surface area contributed by atoms with Gasteiger partial charge in [0.15, 0.2) is 0 Å². The quantitative estimate of drug-likeness (QED) is 0.506. The molecule has 2 heterocycles. The first kappa shape index (κ1) is 18.1. The Bertz CT molecular complexity index is 1240. The highest BCUT2D eigenvalue weighted by atomic mass is 16.5. The smallest absolute Gasteiger partial charge is 0.232 e. The molecule has 6 heteroatoms. The van der Waals surface area contributed by atoms with Gasteiger partial charge in [0.2, 0.25) is 5.91 Å². The summed E-state index contributed by atoms with van der Waals surface area (Å²) in [5, 5.41) is 8.75. The predicted molar refractivity (Wildman–Crippen MR) is 117 cm³/mol. The molecule has 0 radical (unpaired) electrons. The molecule has 0 unspecified atom stereocenters. The number of anilines is 1. The van der Waals surface area contributed by atoms with Crippen LogP contribution in [0.4, 0.5) is 5.69 Å². The van der Waals surface area contributed by atoms with Crippen LogP contribution in [0.5, 0.6) is 5.75 Å². The van der Waals surface area contributed by atoms with Crippen molar-refractivity contribution in [1.29, 1.82) is 0 Å². The van der Waals surface area contributed by atoms with Crippen molar-refractivity contribution in [2.75, 3.05) is 12.0 Å². The molecule has 30 heavy (non-hydrogen) atoms. The topological polar surface area (TPSA) is 60.2 Å². The summed E-state index contributed by atoms with van der Waals surface area (Å²) in [7, 11) is 1.63. The highest BCUT2D eigenvalue weighted by molar-refractivity contribution is 6.13. The Morgan fingerprint density at radius 1 is 0.867 bits per heavy atom. The van der Waals surface area contributed by atoms with Crippen LogP contribution in [0.2, 0.25) is 0 Å². The van der Waals surface area contributed by atoms with Crippen molar-refractivity contribution in [2.45, 2.75) is 12.8 Å². The van der Waals surface area contributed by atoms with Crippen LogP contribution in [-0.4, -0.2) is 28.0 Å². The van der Waals surface area contributed by atoms with Gasteiger partial charge in [-0.3, -0.25) is 9.69 Å². The van der Waals surface area contributed by atoms with E-state index in [2.05, 4.69) is 10.3 Å². The SMILES string of the molecule is COc1ccc(N2C(=O)CCC(n3nnc4ccccc43)=C2c2ccccc2)cc1. The Morgan fingerprint density at radius 2 is 1.60 bits per heavy atom. The lowest BCUT2D eigenvalue weighted by Gasteiger charge is -2.32. The molecule has 0 aliphatic carbocycles. The minimum absolute atomic E-state index is 0.0483. The van der Waals surface area contributed by atoms with E-state index in [1.54, 1.807) is 12.0 Å². The molecule has 1 aliphatic rings. The normalized spacial score (nSPS) is 14.4. The Hall–Kier alpha value is -3.93. The van der Waals surface area contributed by atoms with Crippen molar-refractivity contribution in [3.05, 3.63) is 84.4 Å². The highest BCUT2D eigenvalue weighted by Gasteiger charge is 2.31. The second kappa shape index (κ2) is 7.48. The second-order valence-corrected chi connectivity index (χ2v) is 7.08. The van der Waals surface area contributed by atoms with Gasteiger partial charge in [0.25, 0.3) is 0 Å². The number of fused-ring (bicyclic) bond motifs is 1. The highest BCUT2D eigenvalue weighted by Crippen LogP contribution is 2.38. The number of hydrogen-bond donors (Lipinski definition) is 0. The van der Waals surface area contributed by atoms with E-state index in [9.17, 15) is 4.79 Å². The first-order chi connectivity index (χ1) is 14.8. The van der Waals surface area contributed by atoms with Gasteiger partial charge >= 0.3 is 0 Å². The Labute approximate surface area is 174 Å².